The molecule has 192 valence electrons. The number of ether oxygens (including phenoxy) is 1. The van der Waals surface area contributed by atoms with Crippen LogP contribution in [0.15, 0.2) is 16.9 Å². The van der Waals surface area contributed by atoms with Gasteiger partial charge in [-0.2, -0.15) is 0 Å². The third kappa shape index (κ3) is 3.20. The molecule has 2 atom stereocenters. The van der Waals surface area contributed by atoms with Crippen LogP contribution in [0.5, 0.6) is 0 Å². The number of aryl methyl sites for hydroxylation is 1. The summed E-state index contributed by atoms with van der Waals surface area (Å²) in [4.78, 5) is 45.5. The Labute approximate surface area is 225 Å². The fraction of sp³-hybridized carbons (Fsp3) is 0.407. The van der Waals surface area contributed by atoms with Gasteiger partial charge in [0, 0.05) is 29.6 Å². The summed E-state index contributed by atoms with van der Waals surface area (Å²) in [5, 5.41) is 12.0. The van der Waals surface area contributed by atoms with Crippen molar-refractivity contribution in [1.82, 2.24) is 14.5 Å². The number of benzene rings is 1. The van der Waals surface area contributed by atoms with E-state index in [1.54, 1.807) is 36.4 Å². The quantitative estimate of drug-likeness (QED) is 0.215. The fourth-order valence-corrected chi connectivity index (χ4v) is 6.72. The van der Waals surface area contributed by atoms with E-state index in [-0.39, 0.29) is 54.0 Å². The normalized spacial score (nSPS) is 21.4. The Morgan fingerprint density at radius 2 is 2.08 bits per heavy atom. The van der Waals surface area contributed by atoms with Gasteiger partial charge in [0.2, 0.25) is 5.91 Å². The van der Waals surface area contributed by atoms with Crippen molar-refractivity contribution in [2.75, 3.05) is 11.5 Å². The van der Waals surface area contributed by atoms with E-state index in [9.17, 15) is 23.9 Å². The highest BCUT2D eigenvalue weighted by atomic mass is 127. The van der Waals surface area contributed by atoms with Gasteiger partial charge in [-0.15, -0.1) is 0 Å². The number of carbonyl (C=O) groups is 2. The molecule has 4 heterocycles. The predicted molar refractivity (Wildman–Crippen MR) is 142 cm³/mol. The van der Waals surface area contributed by atoms with Crippen molar-refractivity contribution in [1.29, 1.82) is 0 Å². The average Bonchev–Trinajstić information content (AvgIpc) is 3.27. The highest BCUT2D eigenvalue weighted by Gasteiger charge is 2.46. The molecule has 1 N–H and O–H groups in total. The molecular weight excluding hydrogens is 592 g/mol. The highest BCUT2D eigenvalue weighted by molar-refractivity contribution is 14.1. The van der Waals surface area contributed by atoms with Crippen LogP contribution in [-0.4, -0.2) is 42.9 Å². The molecule has 3 aromatic rings. The van der Waals surface area contributed by atoms with Crippen molar-refractivity contribution in [2.45, 2.75) is 57.9 Å². The first-order chi connectivity index (χ1) is 17.6. The van der Waals surface area contributed by atoms with Gasteiger partial charge >= 0.3 is 5.97 Å². The number of aromatic nitrogens is 2. The lowest BCUT2D eigenvalue weighted by Gasteiger charge is -2.35. The monoisotopic (exact) mass is 617 g/mol. The zero-order chi connectivity index (χ0) is 26.4. The summed E-state index contributed by atoms with van der Waals surface area (Å²) in [6, 6.07) is 2.82. The number of esters is 1. The Kier molecular flexibility index (Phi) is 5.50. The molecule has 0 radical (unpaired) electrons. The second-order valence-electron chi connectivity index (χ2n) is 10.0. The molecule has 3 aliphatic rings. The number of hydrogen-bond acceptors (Lipinski definition) is 6. The first-order valence-corrected chi connectivity index (χ1v) is 13.8. The Morgan fingerprint density at radius 1 is 1.32 bits per heavy atom. The van der Waals surface area contributed by atoms with Crippen LogP contribution < -0.4 is 5.56 Å². The average molecular weight is 617 g/mol. The molecule has 0 saturated carbocycles. The van der Waals surface area contributed by atoms with Gasteiger partial charge in [-0.25, -0.2) is 14.2 Å². The van der Waals surface area contributed by atoms with E-state index in [2.05, 4.69) is 22.6 Å². The molecule has 1 aliphatic carbocycles. The topological polar surface area (TPSA) is 102 Å². The molecule has 0 unspecified atom stereocenters. The number of carbonyl (C=O) groups excluding carboxylic acids is 2. The largest absolute Gasteiger partial charge is 0.458 e. The third-order valence-corrected chi connectivity index (χ3v) is 8.98. The Bertz CT molecular complexity index is 1620. The molecule has 1 amide bonds. The van der Waals surface area contributed by atoms with Crippen LogP contribution in [0.3, 0.4) is 0 Å². The first kappa shape index (κ1) is 24.5. The second-order valence-corrected chi connectivity index (χ2v) is 10.8. The Morgan fingerprint density at radius 3 is 2.78 bits per heavy atom. The highest BCUT2D eigenvalue weighted by Crippen LogP contribution is 2.47. The number of cyclic esters (lactones) is 1. The number of rotatable bonds is 3. The van der Waals surface area contributed by atoms with Crippen LogP contribution in [0.4, 0.5) is 4.39 Å². The number of nitrogens with zero attached hydrogens (tertiary/aromatic N) is 3. The van der Waals surface area contributed by atoms with Gasteiger partial charge in [-0.3, -0.25) is 9.59 Å². The van der Waals surface area contributed by atoms with Gasteiger partial charge in [0.1, 0.15) is 12.4 Å². The maximum absolute atomic E-state index is 15.0. The Balaban J connectivity index is 1.68. The molecular formula is C27H25FIN3O5. The van der Waals surface area contributed by atoms with Crippen molar-refractivity contribution < 1.29 is 23.8 Å². The van der Waals surface area contributed by atoms with Crippen LogP contribution in [0.1, 0.15) is 59.2 Å². The lowest BCUT2D eigenvalue weighted by atomic mass is 9.81. The molecule has 0 fully saturated rings. The molecule has 8 nitrogen and oxygen atoms in total. The summed E-state index contributed by atoms with van der Waals surface area (Å²) in [5.74, 6) is -1.15. The molecule has 37 heavy (non-hydrogen) atoms. The molecule has 2 aliphatic heterocycles. The second kappa shape index (κ2) is 8.32. The van der Waals surface area contributed by atoms with Crippen molar-refractivity contribution in [3.05, 3.63) is 61.7 Å². The minimum Gasteiger partial charge on any atom is -0.458 e. The number of halogens is 2. The van der Waals surface area contributed by atoms with Crippen molar-refractivity contribution >= 4 is 45.4 Å². The number of aliphatic hydroxyl groups is 1. The summed E-state index contributed by atoms with van der Waals surface area (Å²) in [6.07, 6.45) is 1.28. The Hall–Kier alpha value is -2.86. The van der Waals surface area contributed by atoms with Crippen molar-refractivity contribution in [2.24, 2.45) is 0 Å². The van der Waals surface area contributed by atoms with Crippen LogP contribution in [0.25, 0.3) is 22.3 Å². The van der Waals surface area contributed by atoms with E-state index >= 15 is 0 Å². The van der Waals surface area contributed by atoms with Crippen LogP contribution in [0, 0.1) is 12.7 Å². The van der Waals surface area contributed by atoms with Gasteiger partial charge in [0.15, 0.2) is 5.60 Å². The smallest absolute Gasteiger partial charge is 0.343 e. The van der Waals surface area contributed by atoms with Crippen LogP contribution >= 0.6 is 22.6 Å². The van der Waals surface area contributed by atoms with E-state index in [0.29, 0.717) is 39.7 Å². The summed E-state index contributed by atoms with van der Waals surface area (Å²) in [7, 11) is 1.78. The zero-order valence-corrected chi connectivity index (χ0v) is 22.8. The molecule has 1 aromatic carbocycles. The summed E-state index contributed by atoms with van der Waals surface area (Å²) in [5.41, 5.74) is 2.80. The van der Waals surface area contributed by atoms with Gasteiger partial charge in [-0.1, -0.05) is 29.5 Å². The molecule has 0 spiro atoms. The van der Waals surface area contributed by atoms with E-state index in [1.165, 1.54) is 6.07 Å². The lowest BCUT2D eigenvalue weighted by molar-refractivity contribution is -0.172. The number of amides is 1. The third-order valence-electron chi connectivity index (χ3n) is 8.32. The standard InChI is InChI=1S/C27H25FIN3O5/c1-4-27(36)16-7-20-24-14(10-32(20)25(34)15(16)11-37-26(27)35)23-19(31(3)21(33)9-29)6-5-13-12(2)17(28)8-18(30-24)22(13)23/h7-8,19,36H,4-6,9-11H2,1-3H3/t19-,27-/m0/s1. The molecule has 0 saturated heterocycles. The molecule has 2 aromatic heterocycles. The lowest BCUT2D eigenvalue weighted by Crippen LogP contribution is -2.44. The van der Waals surface area contributed by atoms with E-state index in [4.69, 9.17) is 9.72 Å². The van der Waals surface area contributed by atoms with E-state index in [0.717, 1.165) is 22.1 Å². The first-order valence-electron chi connectivity index (χ1n) is 12.3. The molecule has 0 bridgehead atoms. The maximum atomic E-state index is 15.0. The maximum Gasteiger partial charge on any atom is 0.343 e. The van der Waals surface area contributed by atoms with Crippen LogP contribution in [0.2, 0.25) is 0 Å². The summed E-state index contributed by atoms with van der Waals surface area (Å²) in [6.45, 7) is 3.43. The van der Waals surface area contributed by atoms with Crippen molar-refractivity contribution in [3.8, 4) is 11.4 Å². The van der Waals surface area contributed by atoms with Crippen molar-refractivity contribution in [3.63, 3.8) is 0 Å². The van der Waals surface area contributed by atoms with Gasteiger partial charge in [0.25, 0.3) is 5.56 Å². The van der Waals surface area contributed by atoms with E-state index in [1.807, 2.05) is 0 Å². The van der Waals surface area contributed by atoms with Gasteiger partial charge < -0.3 is 19.3 Å². The van der Waals surface area contributed by atoms with E-state index < -0.39 is 11.6 Å². The summed E-state index contributed by atoms with van der Waals surface area (Å²) < 4.78 is 22.0. The SMILES string of the molecule is CC[C@@]1(O)C(=O)OCc2c1cc1n(c2=O)Cc2c-1nc1cc(F)c(C)c3c1c2[C@@H](N(C)C(=O)CI)CC3. The predicted octanol–water partition coefficient (Wildman–Crippen LogP) is 3.41. The van der Waals surface area contributed by atoms with Crippen LogP contribution in [-0.2, 0) is 39.5 Å². The minimum atomic E-state index is -1.93. The number of alkyl halides is 1. The van der Waals surface area contributed by atoms with Gasteiger partial charge in [-0.05, 0) is 48.9 Å². The van der Waals surface area contributed by atoms with Gasteiger partial charge in [0.05, 0.1) is 39.5 Å². The summed E-state index contributed by atoms with van der Waals surface area (Å²) >= 11 is 2.05. The molecule has 10 heteroatoms. The minimum absolute atomic E-state index is 0.0154. The molecule has 6 rings (SSSR count). The fourth-order valence-electron chi connectivity index (χ4n) is 6.19. The number of fused-ring (bicyclic) bond motifs is 5. The number of hydrogen-bond donors (Lipinski definition) is 1. The zero-order valence-electron chi connectivity index (χ0n) is 20.7. The number of pyridine rings is 2.